The maximum Gasteiger partial charge on any atom is 0.312 e. The topological polar surface area (TPSA) is 101 Å². The smallest absolute Gasteiger partial charge is 0.312 e. The first-order valence-electron chi connectivity index (χ1n) is 8.94. The molecule has 0 aliphatic carbocycles. The molecule has 28 heavy (non-hydrogen) atoms. The Morgan fingerprint density at radius 2 is 1.89 bits per heavy atom. The van der Waals surface area contributed by atoms with Crippen LogP contribution in [-0.2, 0) is 22.7 Å². The van der Waals surface area contributed by atoms with Crippen molar-refractivity contribution in [3.05, 3.63) is 65.2 Å². The lowest BCUT2D eigenvalue weighted by atomic mass is 9.90. The molecule has 8 nitrogen and oxygen atoms in total. The largest absolute Gasteiger partial charge is 0.481 e. The van der Waals surface area contributed by atoms with Gasteiger partial charge in [-0.3, -0.25) is 9.59 Å². The average Bonchev–Trinajstić information content (AvgIpc) is 3.16. The van der Waals surface area contributed by atoms with Crippen molar-refractivity contribution in [3.8, 4) is 11.4 Å². The highest BCUT2D eigenvalue weighted by Crippen LogP contribution is 2.28. The van der Waals surface area contributed by atoms with Crippen molar-refractivity contribution in [1.82, 2.24) is 25.1 Å². The SMILES string of the molecule is Cc1ccc(-c2nnn(CC(=O)N3Cc4ccccc4C(C(=O)O)C3)n2)cc1. The minimum absolute atomic E-state index is 0.0899. The number of hydrogen-bond acceptors (Lipinski definition) is 5. The summed E-state index contributed by atoms with van der Waals surface area (Å²) >= 11 is 0. The van der Waals surface area contributed by atoms with E-state index >= 15 is 0 Å². The van der Waals surface area contributed by atoms with Crippen molar-refractivity contribution in [1.29, 1.82) is 0 Å². The van der Waals surface area contributed by atoms with Crippen LogP contribution in [0.3, 0.4) is 0 Å². The molecule has 1 aliphatic rings. The zero-order valence-corrected chi connectivity index (χ0v) is 15.3. The summed E-state index contributed by atoms with van der Waals surface area (Å²) in [4.78, 5) is 27.2. The normalized spacial score (nSPS) is 15.9. The molecule has 8 heteroatoms. The van der Waals surface area contributed by atoms with Gasteiger partial charge in [-0.1, -0.05) is 54.1 Å². The Labute approximate surface area is 161 Å². The molecule has 4 rings (SSSR count). The fraction of sp³-hybridized carbons (Fsp3) is 0.250. The van der Waals surface area contributed by atoms with E-state index in [0.717, 1.165) is 22.3 Å². The number of carbonyl (C=O) groups excluding carboxylic acids is 1. The minimum Gasteiger partial charge on any atom is -0.481 e. The maximum atomic E-state index is 12.7. The second-order valence-electron chi connectivity index (χ2n) is 6.87. The van der Waals surface area contributed by atoms with Crippen LogP contribution in [0.4, 0.5) is 0 Å². The first kappa shape index (κ1) is 17.8. The molecule has 1 atom stereocenters. The van der Waals surface area contributed by atoms with E-state index in [1.807, 2.05) is 55.5 Å². The van der Waals surface area contributed by atoms with E-state index in [4.69, 9.17) is 0 Å². The molecule has 1 aliphatic heterocycles. The van der Waals surface area contributed by atoms with Crippen LogP contribution in [0.2, 0.25) is 0 Å². The molecule has 1 amide bonds. The number of aryl methyl sites for hydroxylation is 1. The van der Waals surface area contributed by atoms with Gasteiger partial charge < -0.3 is 10.0 Å². The molecule has 0 saturated heterocycles. The molecule has 2 aromatic carbocycles. The predicted molar refractivity (Wildman–Crippen MR) is 100 cm³/mol. The van der Waals surface area contributed by atoms with Gasteiger partial charge >= 0.3 is 5.97 Å². The van der Waals surface area contributed by atoms with Crippen LogP contribution in [-0.4, -0.2) is 48.6 Å². The Bertz CT molecular complexity index is 1030. The van der Waals surface area contributed by atoms with Gasteiger partial charge in [-0.2, -0.15) is 4.80 Å². The molecule has 1 unspecified atom stereocenters. The van der Waals surface area contributed by atoms with E-state index < -0.39 is 11.9 Å². The summed E-state index contributed by atoms with van der Waals surface area (Å²) in [6, 6.07) is 15.0. The van der Waals surface area contributed by atoms with Gasteiger partial charge in [0.1, 0.15) is 6.54 Å². The number of carboxylic acids is 1. The van der Waals surface area contributed by atoms with E-state index in [0.29, 0.717) is 12.4 Å². The van der Waals surface area contributed by atoms with Gasteiger partial charge in [0.15, 0.2) is 0 Å². The van der Waals surface area contributed by atoms with Gasteiger partial charge in [-0.15, -0.1) is 10.2 Å². The third-order valence-electron chi connectivity index (χ3n) is 4.88. The number of hydrogen-bond donors (Lipinski definition) is 1. The van der Waals surface area contributed by atoms with Crippen LogP contribution >= 0.6 is 0 Å². The van der Waals surface area contributed by atoms with Crippen molar-refractivity contribution in [2.75, 3.05) is 6.54 Å². The number of tetrazole rings is 1. The van der Waals surface area contributed by atoms with Crippen molar-refractivity contribution in [3.63, 3.8) is 0 Å². The molecular weight excluding hydrogens is 358 g/mol. The van der Waals surface area contributed by atoms with Crippen molar-refractivity contribution in [2.24, 2.45) is 0 Å². The summed E-state index contributed by atoms with van der Waals surface area (Å²) < 4.78 is 0. The second kappa shape index (κ2) is 7.22. The maximum absolute atomic E-state index is 12.7. The van der Waals surface area contributed by atoms with Crippen molar-refractivity contribution < 1.29 is 14.7 Å². The fourth-order valence-corrected chi connectivity index (χ4v) is 3.36. The van der Waals surface area contributed by atoms with Crippen LogP contribution in [0, 0.1) is 6.92 Å². The summed E-state index contributed by atoms with van der Waals surface area (Å²) in [6.45, 7) is 2.41. The molecule has 1 aromatic heterocycles. The van der Waals surface area contributed by atoms with Crippen LogP contribution in [0.5, 0.6) is 0 Å². The summed E-state index contributed by atoms with van der Waals surface area (Å²) in [7, 11) is 0. The lowest BCUT2D eigenvalue weighted by Gasteiger charge is -2.32. The lowest BCUT2D eigenvalue weighted by Crippen LogP contribution is -2.42. The number of aliphatic carboxylic acids is 1. The molecule has 0 radical (unpaired) electrons. The highest BCUT2D eigenvalue weighted by atomic mass is 16.4. The Morgan fingerprint density at radius 1 is 1.14 bits per heavy atom. The lowest BCUT2D eigenvalue weighted by molar-refractivity contribution is -0.141. The molecule has 0 fully saturated rings. The minimum atomic E-state index is -0.939. The van der Waals surface area contributed by atoms with Crippen LogP contribution < -0.4 is 0 Å². The molecular formula is C20H19N5O3. The average molecular weight is 377 g/mol. The number of rotatable bonds is 4. The Hall–Kier alpha value is -3.55. The van der Waals surface area contributed by atoms with Gasteiger partial charge in [-0.25, -0.2) is 0 Å². The molecule has 2 heterocycles. The molecule has 3 aromatic rings. The summed E-state index contributed by atoms with van der Waals surface area (Å²) in [5, 5.41) is 21.8. The number of fused-ring (bicyclic) bond motifs is 1. The van der Waals surface area contributed by atoms with Gasteiger partial charge in [0, 0.05) is 18.7 Å². The summed E-state index contributed by atoms with van der Waals surface area (Å²) in [5.41, 5.74) is 3.56. The zero-order valence-electron chi connectivity index (χ0n) is 15.3. The Balaban J connectivity index is 1.50. The van der Waals surface area contributed by atoms with Gasteiger partial charge in [-0.05, 0) is 23.3 Å². The number of amides is 1. The van der Waals surface area contributed by atoms with Crippen LogP contribution in [0.25, 0.3) is 11.4 Å². The molecule has 0 saturated carbocycles. The summed E-state index contributed by atoms with van der Waals surface area (Å²) in [5.74, 6) is -1.47. The highest BCUT2D eigenvalue weighted by Gasteiger charge is 2.32. The highest BCUT2D eigenvalue weighted by molar-refractivity contribution is 5.81. The quantitative estimate of drug-likeness (QED) is 0.745. The van der Waals surface area contributed by atoms with E-state index in [1.165, 1.54) is 9.70 Å². The number of nitrogens with zero attached hydrogens (tertiary/aromatic N) is 5. The predicted octanol–water partition coefficient (Wildman–Crippen LogP) is 1.86. The van der Waals surface area contributed by atoms with Gasteiger partial charge in [0.25, 0.3) is 0 Å². The Kier molecular flexibility index (Phi) is 4.60. The molecule has 142 valence electrons. The molecule has 0 bridgehead atoms. The second-order valence-corrected chi connectivity index (χ2v) is 6.87. The Morgan fingerprint density at radius 3 is 2.64 bits per heavy atom. The zero-order chi connectivity index (χ0) is 19.7. The molecule has 0 spiro atoms. The number of aromatic nitrogens is 4. The van der Waals surface area contributed by atoms with E-state index in [-0.39, 0.29) is 19.0 Å². The third kappa shape index (κ3) is 3.48. The monoisotopic (exact) mass is 377 g/mol. The first-order chi connectivity index (χ1) is 13.5. The van der Waals surface area contributed by atoms with Crippen molar-refractivity contribution >= 4 is 11.9 Å². The van der Waals surface area contributed by atoms with E-state index in [9.17, 15) is 14.7 Å². The van der Waals surface area contributed by atoms with E-state index in [2.05, 4.69) is 15.4 Å². The van der Waals surface area contributed by atoms with Gasteiger partial charge in [0.2, 0.25) is 11.7 Å². The van der Waals surface area contributed by atoms with Gasteiger partial charge in [0.05, 0.1) is 5.92 Å². The number of benzene rings is 2. The summed E-state index contributed by atoms with van der Waals surface area (Å²) in [6.07, 6.45) is 0. The van der Waals surface area contributed by atoms with Crippen molar-refractivity contribution in [2.45, 2.75) is 25.9 Å². The standard InChI is InChI=1S/C20H19N5O3/c1-13-6-8-14(9-7-13)19-21-23-25(22-19)12-18(26)24-10-15-4-2-3-5-16(15)17(11-24)20(27)28/h2-9,17H,10-12H2,1H3,(H,27,28). The van der Waals surface area contributed by atoms with Crippen LogP contribution in [0.15, 0.2) is 48.5 Å². The fourth-order valence-electron chi connectivity index (χ4n) is 3.36. The third-order valence-corrected chi connectivity index (χ3v) is 4.88. The number of carbonyl (C=O) groups is 2. The number of carboxylic acid groups (broad SMARTS) is 1. The molecule has 1 N–H and O–H groups in total. The first-order valence-corrected chi connectivity index (χ1v) is 8.94. The van der Waals surface area contributed by atoms with E-state index in [1.54, 1.807) is 0 Å². The van der Waals surface area contributed by atoms with Crippen LogP contribution in [0.1, 0.15) is 22.6 Å².